The monoisotopic (exact) mass is 298 g/mol. The van der Waals surface area contributed by atoms with Crippen molar-refractivity contribution in [2.24, 2.45) is 11.7 Å². The van der Waals surface area contributed by atoms with Gasteiger partial charge in [0.15, 0.2) is 5.69 Å². The van der Waals surface area contributed by atoms with Crippen molar-refractivity contribution < 1.29 is 9.86 Å². The van der Waals surface area contributed by atoms with Crippen molar-refractivity contribution in [1.29, 1.82) is 0 Å². The summed E-state index contributed by atoms with van der Waals surface area (Å²) in [5.41, 5.74) is 8.64. The molecule has 114 valence electrons. The van der Waals surface area contributed by atoms with Crippen molar-refractivity contribution in [1.82, 2.24) is 9.55 Å². The molecular formula is C16H18N4O2. The second-order valence-corrected chi connectivity index (χ2v) is 6.21. The number of fused-ring (bicyclic) bond motifs is 3. The van der Waals surface area contributed by atoms with Crippen LogP contribution in [0.4, 0.5) is 5.69 Å². The fraction of sp³-hybridized carbons (Fsp3) is 0.375. The zero-order chi connectivity index (χ0) is 15.4. The lowest BCUT2D eigenvalue weighted by molar-refractivity contribution is -0.813. The van der Waals surface area contributed by atoms with Crippen LogP contribution in [0.3, 0.4) is 0 Å². The number of quaternary nitrogens is 1. The molecule has 1 fully saturated rings. The van der Waals surface area contributed by atoms with E-state index < -0.39 is 0 Å². The van der Waals surface area contributed by atoms with Crippen molar-refractivity contribution >= 4 is 11.6 Å². The molecule has 1 amide bonds. The zero-order valence-corrected chi connectivity index (χ0v) is 12.3. The van der Waals surface area contributed by atoms with E-state index in [4.69, 9.17) is 5.73 Å². The quantitative estimate of drug-likeness (QED) is 0.827. The summed E-state index contributed by atoms with van der Waals surface area (Å²) in [6.45, 7) is 1.88. The Morgan fingerprint density at radius 1 is 1.45 bits per heavy atom. The normalized spacial score (nSPS) is 24.5. The summed E-state index contributed by atoms with van der Waals surface area (Å²) in [5.74, 6) is -0.448. The third kappa shape index (κ3) is 1.81. The SMILES string of the molecule is CC1c2c(C(C(N)=O)C3CC3)ncn2-c2ccccc2[NH+]1[O-]. The highest BCUT2D eigenvalue weighted by atomic mass is 16.5. The molecule has 0 saturated heterocycles. The molecule has 1 aliphatic carbocycles. The van der Waals surface area contributed by atoms with Crippen molar-refractivity contribution in [3.8, 4) is 5.69 Å². The maximum atomic E-state index is 12.7. The van der Waals surface area contributed by atoms with Gasteiger partial charge in [0.2, 0.25) is 5.91 Å². The lowest BCUT2D eigenvalue weighted by atomic mass is 9.94. The van der Waals surface area contributed by atoms with Crippen LogP contribution in [0.2, 0.25) is 0 Å². The topological polar surface area (TPSA) is 88.4 Å². The Balaban J connectivity index is 1.90. The lowest BCUT2D eigenvalue weighted by Crippen LogP contribution is -3.03. The third-order valence-electron chi connectivity index (χ3n) is 4.76. The first-order valence-corrected chi connectivity index (χ1v) is 7.59. The predicted octanol–water partition coefficient (Wildman–Crippen LogP) is 0.940. The molecule has 2 aromatic rings. The maximum absolute atomic E-state index is 12.7. The summed E-state index contributed by atoms with van der Waals surface area (Å²) >= 11 is 0. The molecule has 0 radical (unpaired) electrons. The van der Waals surface area contributed by atoms with E-state index in [-0.39, 0.29) is 28.8 Å². The molecule has 4 rings (SSSR count). The summed E-state index contributed by atoms with van der Waals surface area (Å²) in [5, 5.41) is 12.7. The molecule has 3 unspecified atom stereocenters. The lowest BCUT2D eigenvalue weighted by Gasteiger charge is -2.35. The van der Waals surface area contributed by atoms with Crippen molar-refractivity contribution in [2.45, 2.75) is 31.7 Å². The number of aromatic nitrogens is 2. The number of rotatable bonds is 3. The number of carbonyl (C=O) groups is 1. The highest BCUT2D eigenvalue weighted by Gasteiger charge is 2.42. The molecular weight excluding hydrogens is 280 g/mol. The Morgan fingerprint density at radius 3 is 2.86 bits per heavy atom. The first-order valence-electron chi connectivity index (χ1n) is 7.59. The van der Waals surface area contributed by atoms with Gasteiger partial charge in [-0.2, -0.15) is 0 Å². The fourth-order valence-electron chi connectivity index (χ4n) is 3.50. The van der Waals surface area contributed by atoms with Gasteiger partial charge in [0, 0.05) is 6.07 Å². The number of hydrogen-bond acceptors (Lipinski definition) is 3. The zero-order valence-electron chi connectivity index (χ0n) is 12.3. The minimum absolute atomic E-state index is 0.0730. The van der Waals surface area contributed by atoms with E-state index in [1.807, 2.05) is 35.8 Å². The number of primary amides is 1. The van der Waals surface area contributed by atoms with Gasteiger partial charge in [-0.05, 0) is 31.7 Å². The number of nitrogens with one attached hydrogen (secondary N) is 1. The van der Waals surface area contributed by atoms with Gasteiger partial charge in [0.25, 0.3) is 0 Å². The molecule has 1 aliphatic heterocycles. The summed E-state index contributed by atoms with van der Waals surface area (Å²) in [4.78, 5) is 16.4. The van der Waals surface area contributed by atoms with Crippen molar-refractivity contribution in [2.75, 3.05) is 0 Å². The second kappa shape index (κ2) is 4.66. The van der Waals surface area contributed by atoms with Gasteiger partial charge in [-0.25, -0.2) is 4.98 Å². The van der Waals surface area contributed by atoms with Crippen LogP contribution >= 0.6 is 0 Å². The molecule has 1 aromatic carbocycles. The first kappa shape index (κ1) is 13.5. The first-order chi connectivity index (χ1) is 10.6. The van der Waals surface area contributed by atoms with Crippen molar-refractivity contribution in [3.63, 3.8) is 0 Å². The Labute approximate surface area is 128 Å². The number of para-hydroxylation sites is 2. The summed E-state index contributed by atoms with van der Waals surface area (Å²) < 4.78 is 1.94. The van der Waals surface area contributed by atoms with E-state index in [1.54, 1.807) is 6.33 Å². The van der Waals surface area contributed by atoms with Gasteiger partial charge in [-0.15, -0.1) is 0 Å². The number of carbonyl (C=O) groups excluding carboxylic acids is 1. The Hall–Kier alpha value is -2.18. The molecule has 1 aromatic heterocycles. The highest BCUT2D eigenvalue weighted by molar-refractivity contribution is 5.82. The molecule has 2 heterocycles. The van der Waals surface area contributed by atoms with Crippen LogP contribution in [0.25, 0.3) is 5.69 Å². The van der Waals surface area contributed by atoms with Gasteiger partial charge in [0.1, 0.15) is 23.8 Å². The van der Waals surface area contributed by atoms with E-state index >= 15 is 0 Å². The smallest absolute Gasteiger partial charge is 0.226 e. The molecule has 3 N–H and O–H groups in total. The summed E-state index contributed by atoms with van der Waals surface area (Å²) in [6.07, 6.45) is 3.71. The third-order valence-corrected chi connectivity index (χ3v) is 4.76. The van der Waals surface area contributed by atoms with E-state index in [9.17, 15) is 10.0 Å². The number of hydrogen-bond donors (Lipinski definition) is 2. The van der Waals surface area contributed by atoms with E-state index in [0.717, 1.165) is 24.2 Å². The standard InChI is InChI=1S/C16H18N4O2/c1-9-15-14(13(16(17)21)10-6-7-10)18-8-19(15)11-4-2-3-5-12(11)20(9)22/h2-5,8-10,13,20H,6-7H2,1H3,(H2,17,21). The predicted molar refractivity (Wildman–Crippen MR) is 80.6 cm³/mol. The van der Waals surface area contributed by atoms with Crippen LogP contribution in [-0.2, 0) is 4.79 Å². The van der Waals surface area contributed by atoms with Crippen LogP contribution in [0.5, 0.6) is 0 Å². The van der Waals surface area contributed by atoms with Gasteiger partial charge >= 0.3 is 0 Å². The molecule has 2 aliphatic rings. The highest BCUT2D eigenvalue weighted by Crippen LogP contribution is 2.44. The minimum Gasteiger partial charge on any atom is -0.628 e. The maximum Gasteiger partial charge on any atom is 0.226 e. The summed E-state index contributed by atoms with van der Waals surface area (Å²) in [6, 6.07) is 7.20. The molecule has 22 heavy (non-hydrogen) atoms. The Morgan fingerprint density at radius 2 is 2.18 bits per heavy atom. The number of nitrogens with zero attached hydrogens (tertiary/aromatic N) is 2. The summed E-state index contributed by atoms with van der Waals surface area (Å²) in [7, 11) is 0. The van der Waals surface area contributed by atoms with Gasteiger partial charge in [-0.1, -0.05) is 12.1 Å². The number of benzene rings is 1. The van der Waals surface area contributed by atoms with E-state index in [1.165, 1.54) is 0 Å². The van der Waals surface area contributed by atoms with Crippen LogP contribution in [-0.4, -0.2) is 15.5 Å². The number of amides is 1. The molecule has 3 atom stereocenters. The van der Waals surface area contributed by atoms with Crippen LogP contribution in [0.1, 0.15) is 43.1 Å². The number of hydroxylamine groups is 1. The average Bonchev–Trinajstić information content (AvgIpc) is 3.23. The van der Waals surface area contributed by atoms with Crippen LogP contribution in [0.15, 0.2) is 30.6 Å². The average molecular weight is 298 g/mol. The molecule has 0 bridgehead atoms. The van der Waals surface area contributed by atoms with E-state index in [0.29, 0.717) is 11.4 Å². The van der Waals surface area contributed by atoms with Crippen molar-refractivity contribution in [3.05, 3.63) is 47.2 Å². The largest absolute Gasteiger partial charge is 0.628 e. The Bertz CT molecular complexity index is 750. The second-order valence-electron chi connectivity index (χ2n) is 6.21. The van der Waals surface area contributed by atoms with Crippen LogP contribution in [0, 0.1) is 11.1 Å². The number of nitrogens with two attached hydrogens (primary N) is 1. The minimum atomic E-state index is -0.378. The van der Waals surface area contributed by atoms with Crippen LogP contribution < -0.4 is 10.8 Å². The van der Waals surface area contributed by atoms with Gasteiger partial charge in [0.05, 0.1) is 11.6 Å². The molecule has 0 spiro atoms. The molecule has 1 saturated carbocycles. The number of imidazole rings is 1. The van der Waals surface area contributed by atoms with Gasteiger partial charge < -0.3 is 16.0 Å². The Kier molecular flexibility index (Phi) is 2.85. The molecule has 6 nitrogen and oxygen atoms in total. The van der Waals surface area contributed by atoms with Gasteiger partial charge in [-0.3, -0.25) is 9.36 Å². The van der Waals surface area contributed by atoms with E-state index in [2.05, 4.69) is 4.98 Å². The molecule has 6 heteroatoms. The fourth-order valence-corrected chi connectivity index (χ4v) is 3.50.